The number of nitrogens with one attached hydrogen (secondary N) is 1. The first-order chi connectivity index (χ1) is 9.15. The number of carbonyl (C=O) groups excluding carboxylic acids is 1. The Morgan fingerprint density at radius 3 is 2.89 bits per heavy atom. The Balaban J connectivity index is 1.94. The van der Waals surface area contributed by atoms with Gasteiger partial charge in [0.1, 0.15) is 11.5 Å². The van der Waals surface area contributed by atoms with Gasteiger partial charge in [-0.05, 0) is 19.9 Å². The average Bonchev–Trinajstić information content (AvgIpc) is 2.94. The van der Waals surface area contributed by atoms with Crippen molar-refractivity contribution in [3.8, 4) is 11.5 Å². The van der Waals surface area contributed by atoms with Crippen LogP contribution in [0, 0.1) is 0 Å². The van der Waals surface area contributed by atoms with Gasteiger partial charge in [-0.3, -0.25) is 4.79 Å². The normalized spacial score (nSPS) is 15.7. The van der Waals surface area contributed by atoms with Crippen LogP contribution in [0.25, 0.3) is 0 Å². The number of hydrogen-bond donors (Lipinski definition) is 1. The molecule has 4 heteroatoms. The fourth-order valence-corrected chi connectivity index (χ4v) is 2.81. The first kappa shape index (κ1) is 12.3. The first-order valence-electron chi connectivity index (χ1n) is 6.87. The van der Waals surface area contributed by atoms with Crippen LogP contribution < -0.4 is 14.8 Å². The minimum atomic E-state index is 0.0491. The largest absolute Gasteiger partial charge is 0.493 e. The first-order valence-corrected chi connectivity index (χ1v) is 6.87. The van der Waals surface area contributed by atoms with Gasteiger partial charge in [-0.15, -0.1) is 0 Å². The minimum absolute atomic E-state index is 0.0491. The van der Waals surface area contributed by atoms with E-state index in [0.29, 0.717) is 19.6 Å². The summed E-state index contributed by atoms with van der Waals surface area (Å²) in [4.78, 5) is 12.0. The molecular formula is C15H19NO3. The van der Waals surface area contributed by atoms with Crippen LogP contribution in [-0.4, -0.2) is 25.2 Å². The number of rotatable bonds is 3. The topological polar surface area (TPSA) is 47.6 Å². The molecule has 0 saturated heterocycles. The van der Waals surface area contributed by atoms with E-state index in [4.69, 9.17) is 9.47 Å². The number of hydrogen-bond acceptors (Lipinski definition) is 3. The van der Waals surface area contributed by atoms with Crippen molar-refractivity contribution in [2.45, 2.75) is 39.2 Å². The zero-order chi connectivity index (χ0) is 13.4. The molecule has 1 amide bonds. The van der Waals surface area contributed by atoms with Crippen LogP contribution in [0.3, 0.4) is 0 Å². The Kier molecular flexibility index (Phi) is 3.09. The second-order valence-electron chi connectivity index (χ2n) is 5.42. The molecule has 0 saturated carbocycles. The zero-order valence-corrected chi connectivity index (χ0v) is 11.4. The zero-order valence-electron chi connectivity index (χ0n) is 11.4. The van der Waals surface area contributed by atoms with Gasteiger partial charge in [-0.2, -0.15) is 0 Å². The van der Waals surface area contributed by atoms with Crippen molar-refractivity contribution in [2.75, 3.05) is 13.2 Å². The molecule has 0 unspecified atom stereocenters. The predicted molar refractivity (Wildman–Crippen MR) is 71.8 cm³/mol. The molecule has 0 bridgehead atoms. The molecule has 0 aromatic heterocycles. The smallest absolute Gasteiger partial charge is 0.224 e. The van der Waals surface area contributed by atoms with Gasteiger partial charge in [-0.25, -0.2) is 0 Å². The molecule has 1 aromatic carbocycles. The van der Waals surface area contributed by atoms with Crippen molar-refractivity contribution in [1.82, 2.24) is 5.32 Å². The van der Waals surface area contributed by atoms with Crippen LogP contribution in [0.15, 0.2) is 6.07 Å². The van der Waals surface area contributed by atoms with Gasteiger partial charge in [0.05, 0.1) is 19.6 Å². The third-order valence-electron chi connectivity index (χ3n) is 3.55. The molecule has 19 heavy (non-hydrogen) atoms. The van der Waals surface area contributed by atoms with E-state index in [1.54, 1.807) is 0 Å². The molecule has 0 radical (unpaired) electrons. The van der Waals surface area contributed by atoms with E-state index in [1.165, 1.54) is 5.56 Å². The van der Waals surface area contributed by atoms with E-state index in [2.05, 4.69) is 11.4 Å². The lowest BCUT2D eigenvalue weighted by Gasteiger charge is -2.14. The maximum atomic E-state index is 12.0. The third kappa shape index (κ3) is 2.27. The molecule has 102 valence electrons. The lowest BCUT2D eigenvalue weighted by Crippen LogP contribution is -2.31. The molecule has 1 N–H and O–H groups in total. The quantitative estimate of drug-likeness (QED) is 0.899. The molecule has 4 nitrogen and oxygen atoms in total. The average molecular weight is 261 g/mol. The van der Waals surface area contributed by atoms with Crippen LogP contribution in [0.4, 0.5) is 0 Å². The Morgan fingerprint density at radius 2 is 2.11 bits per heavy atom. The second-order valence-corrected chi connectivity index (χ2v) is 5.42. The summed E-state index contributed by atoms with van der Waals surface area (Å²) in [5.41, 5.74) is 3.35. The van der Waals surface area contributed by atoms with Gasteiger partial charge in [0.2, 0.25) is 5.91 Å². The summed E-state index contributed by atoms with van der Waals surface area (Å²) < 4.78 is 11.4. The van der Waals surface area contributed by atoms with E-state index in [0.717, 1.165) is 35.5 Å². The lowest BCUT2D eigenvalue weighted by atomic mass is 9.97. The van der Waals surface area contributed by atoms with Crippen LogP contribution >= 0.6 is 0 Å². The highest BCUT2D eigenvalue weighted by Crippen LogP contribution is 2.40. The van der Waals surface area contributed by atoms with Crippen molar-refractivity contribution < 1.29 is 14.3 Å². The van der Waals surface area contributed by atoms with Crippen molar-refractivity contribution in [3.05, 3.63) is 22.8 Å². The summed E-state index contributed by atoms with van der Waals surface area (Å²) in [7, 11) is 0. The fourth-order valence-electron chi connectivity index (χ4n) is 2.81. The Hall–Kier alpha value is -1.71. The molecule has 1 aromatic rings. The van der Waals surface area contributed by atoms with Crippen LogP contribution in [0.5, 0.6) is 11.5 Å². The van der Waals surface area contributed by atoms with Crippen molar-refractivity contribution in [3.63, 3.8) is 0 Å². The van der Waals surface area contributed by atoms with Gasteiger partial charge in [0, 0.05) is 35.6 Å². The highest BCUT2D eigenvalue weighted by molar-refractivity contribution is 5.81. The maximum Gasteiger partial charge on any atom is 0.224 e. The van der Waals surface area contributed by atoms with E-state index >= 15 is 0 Å². The number of carbonyl (C=O) groups is 1. The predicted octanol–water partition coefficient (Wildman–Crippen LogP) is 1.62. The molecule has 0 spiro atoms. The lowest BCUT2D eigenvalue weighted by molar-refractivity contribution is -0.120. The number of amides is 1. The Bertz CT molecular complexity index is 490. The summed E-state index contributed by atoms with van der Waals surface area (Å²) in [6.45, 7) is 5.35. The molecule has 0 aliphatic carbocycles. The highest BCUT2D eigenvalue weighted by atomic mass is 16.5. The molecule has 2 aliphatic rings. The Labute approximate surface area is 113 Å². The molecule has 2 aliphatic heterocycles. The summed E-state index contributed by atoms with van der Waals surface area (Å²) in [5.74, 6) is 1.91. The molecular weight excluding hydrogens is 242 g/mol. The summed E-state index contributed by atoms with van der Waals surface area (Å²) in [6, 6.07) is 2.24. The van der Waals surface area contributed by atoms with E-state index in [-0.39, 0.29) is 11.9 Å². The van der Waals surface area contributed by atoms with E-state index < -0.39 is 0 Å². The third-order valence-corrected chi connectivity index (χ3v) is 3.55. The van der Waals surface area contributed by atoms with Crippen LogP contribution in [-0.2, 0) is 24.1 Å². The summed E-state index contributed by atoms with van der Waals surface area (Å²) in [5, 5.41) is 2.94. The highest BCUT2D eigenvalue weighted by Gasteiger charge is 2.27. The van der Waals surface area contributed by atoms with Crippen LogP contribution in [0.2, 0.25) is 0 Å². The number of benzene rings is 1. The van der Waals surface area contributed by atoms with E-state index in [1.807, 2.05) is 13.8 Å². The number of ether oxygens (including phenoxy) is 2. The standard InChI is InChI=1S/C15H19NO3/c1-9(2)16-14(17)8-12-11-4-6-18-13(11)7-10-3-5-19-15(10)12/h7,9H,3-6,8H2,1-2H3,(H,16,17). The monoisotopic (exact) mass is 261 g/mol. The number of fused-ring (bicyclic) bond motifs is 2. The van der Waals surface area contributed by atoms with Gasteiger partial charge in [-0.1, -0.05) is 0 Å². The van der Waals surface area contributed by atoms with Gasteiger partial charge >= 0.3 is 0 Å². The SMILES string of the molecule is CC(C)NC(=O)Cc1c2c(cc3c1OCC3)OCC2. The van der Waals surface area contributed by atoms with Gasteiger partial charge in [0.15, 0.2) is 0 Å². The molecule has 0 fully saturated rings. The summed E-state index contributed by atoms with van der Waals surface area (Å²) >= 11 is 0. The van der Waals surface area contributed by atoms with Gasteiger partial charge in [0.25, 0.3) is 0 Å². The van der Waals surface area contributed by atoms with Crippen molar-refractivity contribution in [2.24, 2.45) is 0 Å². The molecule has 0 atom stereocenters. The molecule has 2 heterocycles. The van der Waals surface area contributed by atoms with Crippen LogP contribution in [0.1, 0.15) is 30.5 Å². The maximum absolute atomic E-state index is 12.0. The Morgan fingerprint density at radius 1 is 1.32 bits per heavy atom. The van der Waals surface area contributed by atoms with Crippen molar-refractivity contribution >= 4 is 5.91 Å². The molecule has 3 rings (SSSR count). The van der Waals surface area contributed by atoms with E-state index in [9.17, 15) is 4.79 Å². The fraction of sp³-hybridized carbons (Fsp3) is 0.533. The second kappa shape index (κ2) is 4.76. The summed E-state index contributed by atoms with van der Waals surface area (Å²) in [6.07, 6.45) is 2.16. The van der Waals surface area contributed by atoms with Gasteiger partial charge < -0.3 is 14.8 Å². The van der Waals surface area contributed by atoms with Crippen molar-refractivity contribution in [1.29, 1.82) is 0 Å². The minimum Gasteiger partial charge on any atom is -0.493 e.